The molecular formula is C12H17N3O. The van der Waals surface area contributed by atoms with Crippen LogP contribution in [-0.4, -0.2) is 42.0 Å². The van der Waals surface area contributed by atoms with E-state index in [1.807, 2.05) is 11.0 Å². The van der Waals surface area contributed by atoms with Crippen LogP contribution in [0.15, 0.2) is 24.5 Å². The summed E-state index contributed by atoms with van der Waals surface area (Å²) in [6.45, 7) is 3.59. The van der Waals surface area contributed by atoms with Crippen molar-refractivity contribution in [3.63, 3.8) is 0 Å². The molecular weight excluding hydrogens is 202 g/mol. The van der Waals surface area contributed by atoms with E-state index in [0.29, 0.717) is 5.56 Å². The van der Waals surface area contributed by atoms with Crippen molar-refractivity contribution in [1.29, 1.82) is 0 Å². The van der Waals surface area contributed by atoms with Crippen molar-refractivity contribution < 1.29 is 4.79 Å². The van der Waals surface area contributed by atoms with Crippen LogP contribution in [0.1, 0.15) is 23.2 Å². The molecule has 0 saturated carbocycles. The summed E-state index contributed by atoms with van der Waals surface area (Å²) in [6.07, 6.45) is 5.52. The van der Waals surface area contributed by atoms with Crippen LogP contribution in [0.4, 0.5) is 0 Å². The molecule has 1 N–H and O–H groups in total. The van der Waals surface area contributed by atoms with Crippen molar-refractivity contribution in [2.75, 3.05) is 26.2 Å². The SMILES string of the molecule is O=C(c1cccnc1)N1CCCCNCC1. The Labute approximate surface area is 95.7 Å². The maximum absolute atomic E-state index is 12.1. The Kier molecular flexibility index (Phi) is 3.88. The summed E-state index contributed by atoms with van der Waals surface area (Å²) < 4.78 is 0. The van der Waals surface area contributed by atoms with Crippen LogP contribution in [-0.2, 0) is 0 Å². The van der Waals surface area contributed by atoms with Crippen molar-refractivity contribution in [2.24, 2.45) is 0 Å². The first-order valence-corrected chi connectivity index (χ1v) is 5.78. The fraction of sp³-hybridized carbons (Fsp3) is 0.500. The Hall–Kier alpha value is -1.42. The molecule has 1 aromatic heterocycles. The van der Waals surface area contributed by atoms with Gasteiger partial charge in [0.15, 0.2) is 0 Å². The first kappa shape index (κ1) is 11.1. The minimum Gasteiger partial charge on any atom is -0.337 e. The number of aromatic nitrogens is 1. The van der Waals surface area contributed by atoms with Crippen molar-refractivity contribution >= 4 is 5.91 Å². The zero-order chi connectivity index (χ0) is 11.2. The van der Waals surface area contributed by atoms with Gasteiger partial charge in [0.25, 0.3) is 5.91 Å². The number of rotatable bonds is 1. The molecule has 0 spiro atoms. The number of pyridine rings is 1. The molecule has 1 aromatic rings. The average molecular weight is 219 g/mol. The Bertz CT molecular complexity index is 331. The highest BCUT2D eigenvalue weighted by Crippen LogP contribution is 2.05. The van der Waals surface area contributed by atoms with E-state index in [1.165, 1.54) is 0 Å². The molecule has 16 heavy (non-hydrogen) atoms. The molecule has 86 valence electrons. The van der Waals surface area contributed by atoms with E-state index < -0.39 is 0 Å². The normalized spacial score (nSPS) is 17.6. The van der Waals surface area contributed by atoms with Crippen molar-refractivity contribution in [3.05, 3.63) is 30.1 Å². The van der Waals surface area contributed by atoms with Crippen LogP contribution in [0.2, 0.25) is 0 Å². The lowest BCUT2D eigenvalue weighted by Crippen LogP contribution is -2.40. The third-order valence-corrected chi connectivity index (χ3v) is 2.79. The summed E-state index contributed by atoms with van der Waals surface area (Å²) >= 11 is 0. The molecule has 0 aromatic carbocycles. The van der Waals surface area contributed by atoms with Gasteiger partial charge in [0.2, 0.25) is 0 Å². The number of carbonyl (C=O) groups excluding carboxylic acids is 1. The molecule has 0 atom stereocenters. The van der Waals surface area contributed by atoms with Crippen LogP contribution in [0.25, 0.3) is 0 Å². The third kappa shape index (κ3) is 2.79. The number of carbonyl (C=O) groups is 1. The Balaban J connectivity index is 2.02. The zero-order valence-electron chi connectivity index (χ0n) is 9.35. The maximum Gasteiger partial charge on any atom is 0.255 e. The largest absolute Gasteiger partial charge is 0.337 e. The highest BCUT2D eigenvalue weighted by Gasteiger charge is 2.15. The van der Waals surface area contributed by atoms with Crippen LogP contribution in [0.5, 0.6) is 0 Å². The summed E-state index contributed by atoms with van der Waals surface area (Å²) in [5.41, 5.74) is 0.683. The van der Waals surface area contributed by atoms with Gasteiger partial charge in [-0.2, -0.15) is 0 Å². The van der Waals surface area contributed by atoms with Gasteiger partial charge in [0.05, 0.1) is 5.56 Å². The van der Waals surface area contributed by atoms with E-state index in [9.17, 15) is 4.79 Å². The quantitative estimate of drug-likeness (QED) is 0.763. The smallest absolute Gasteiger partial charge is 0.255 e. The van der Waals surface area contributed by atoms with E-state index in [2.05, 4.69) is 10.3 Å². The van der Waals surface area contributed by atoms with Gasteiger partial charge >= 0.3 is 0 Å². The molecule has 0 bridgehead atoms. The van der Waals surface area contributed by atoms with E-state index in [1.54, 1.807) is 18.5 Å². The number of hydrogen-bond acceptors (Lipinski definition) is 3. The third-order valence-electron chi connectivity index (χ3n) is 2.79. The zero-order valence-corrected chi connectivity index (χ0v) is 9.35. The van der Waals surface area contributed by atoms with E-state index in [0.717, 1.165) is 39.0 Å². The van der Waals surface area contributed by atoms with Crippen molar-refractivity contribution in [3.8, 4) is 0 Å². The summed E-state index contributed by atoms with van der Waals surface area (Å²) in [6, 6.07) is 3.62. The molecule has 1 saturated heterocycles. The topological polar surface area (TPSA) is 45.2 Å². The minimum atomic E-state index is 0.0943. The van der Waals surface area contributed by atoms with Crippen LogP contribution >= 0.6 is 0 Å². The Morgan fingerprint density at radius 3 is 3.06 bits per heavy atom. The standard InChI is InChI=1S/C12H17N3O/c16-12(11-4-3-6-14-10-11)15-8-2-1-5-13-7-9-15/h3-4,6,10,13H,1-2,5,7-9H2. The fourth-order valence-corrected chi connectivity index (χ4v) is 1.88. The van der Waals surface area contributed by atoms with Gasteiger partial charge in [-0.25, -0.2) is 0 Å². The van der Waals surface area contributed by atoms with Crippen LogP contribution < -0.4 is 5.32 Å². The van der Waals surface area contributed by atoms with Crippen molar-refractivity contribution in [1.82, 2.24) is 15.2 Å². The molecule has 0 aliphatic carbocycles. The molecule has 0 unspecified atom stereocenters. The van der Waals surface area contributed by atoms with E-state index in [4.69, 9.17) is 0 Å². The fourth-order valence-electron chi connectivity index (χ4n) is 1.88. The molecule has 4 nitrogen and oxygen atoms in total. The maximum atomic E-state index is 12.1. The molecule has 1 aliphatic rings. The van der Waals surface area contributed by atoms with Crippen LogP contribution in [0.3, 0.4) is 0 Å². The first-order valence-electron chi connectivity index (χ1n) is 5.78. The predicted octanol–water partition coefficient (Wildman–Crippen LogP) is 0.907. The molecule has 4 heteroatoms. The molecule has 2 heterocycles. The lowest BCUT2D eigenvalue weighted by atomic mass is 10.2. The average Bonchev–Trinajstić information content (AvgIpc) is 2.29. The highest BCUT2D eigenvalue weighted by atomic mass is 16.2. The first-order chi connectivity index (χ1) is 7.88. The molecule has 1 fully saturated rings. The van der Waals surface area contributed by atoms with Gasteiger partial charge in [-0.3, -0.25) is 9.78 Å². The van der Waals surface area contributed by atoms with Gasteiger partial charge in [0, 0.05) is 32.0 Å². The van der Waals surface area contributed by atoms with Gasteiger partial charge < -0.3 is 10.2 Å². The lowest BCUT2D eigenvalue weighted by molar-refractivity contribution is 0.0747. The van der Waals surface area contributed by atoms with E-state index >= 15 is 0 Å². The number of hydrogen-bond donors (Lipinski definition) is 1. The Morgan fingerprint density at radius 2 is 2.25 bits per heavy atom. The molecule has 1 aliphatic heterocycles. The second-order valence-electron chi connectivity index (χ2n) is 3.99. The summed E-state index contributed by atoms with van der Waals surface area (Å²) in [5, 5.41) is 3.31. The van der Waals surface area contributed by atoms with Gasteiger partial charge in [-0.15, -0.1) is 0 Å². The summed E-state index contributed by atoms with van der Waals surface area (Å²) in [4.78, 5) is 18.0. The second kappa shape index (κ2) is 5.61. The monoisotopic (exact) mass is 219 g/mol. The summed E-state index contributed by atoms with van der Waals surface area (Å²) in [7, 11) is 0. The van der Waals surface area contributed by atoms with Gasteiger partial charge in [-0.1, -0.05) is 0 Å². The molecule has 1 amide bonds. The lowest BCUT2D eigenvalue weighted by Gasteiger charge is -2.25. The minimum absolute atomic E-state index is 0.0943. The number of amides is 1. The molecule has 0 radical (unpaired) electrons. The van der Waals surface area contributed by atoms with Crippen molar-refractivity contribution in [2.45, 2.75) is 12.8 Å². The van der Waals surface area contributed by atoms with E-state index in [-0.39, 0.29) is 5.91 Å². The molecule has 2 rings (SSSR count). The summed E-state index contributed by atoms with van der Waals surface area (Å²) in [5.74, 6) is 0.0943. The highest BCUT2D eigenvalue weighted by molar-refractivity contribution is 5.93. The second-order valence-corrected chi connectivity index (χ2v) is 3.99. The van der Waals surface area contributed by atoms with Gasteiger partial charge in [-0.05, 0) is 31.5 Å². The Morgan fingerprint density at radius 1 is 1.31 bits per heavy atom. The van der Waals surface area contributed by atoms with Gasteiger partial charge in [0.1, 0.15) is 0 Å². The predicted molar refractivity (Wildman–Crippen MR) is 62.2 cm³/mol. The number of nitrogens with zero attached hydrogens (tertiary/aromatic N) is 2. The van der Waals surface area contributed by atoms with Crippen LogP contribution in [0, 0.1) is 0 Å². The number of nitrogens with one attached hydrogen (secondary N) is 1.